The molecule has 0 atom stereocenters. The molecule has 28 heavy (non-hydrogen) atoms. The molecular weight excluding hydrogens is 474 g/mol. The second kappa shape index (κ2) is 8.89. The Morgan fingerprint density at radius 3 is 2.39 bits per heavy atom. The molecule has 0 spiro atoms. The van der Waals surface area contributed by atoms with Gasteiger partial charge in [0.05, 0.1) is 15.5 Å². The first-order chi connectivity index (χ1) is 13.0. The molecule has 2 aromatic rings. The lowest BCUT2D eigenvalue weighted by Gasteiger charge is -2.24. The summed E-state index contributed by atoms with van der Waals surface area (Å²) >= 11 is 9.05. The summed E-state index contributed by atoms with van der Waals surface area (Å²) in [7, 11) is -4.28. The normalized spacial score (nSPS) is 11.3. The average Bonchev–Trinajstić information content (AvgIpc) is 2.59. The van der Waals surface area contributed by atoms with E-state index in [0.29, 0.717) is 0 Å². The molecule has 1 N–H and O–H groups in total. The molecule has 150 valence electrons. The number of rotatable bonds is 7. The van der Waals surface area contributed by atoms with E-state index in [1.165, 1.54) is 12.1 Å². The number of carbonyl (C=O) groups excluding carboxylic acids is 1. The SMILES string of the molecule is CC(C)NC(=O)CN(c1ccc(Br)cc1)S(=O)(=O)c1ccc(Cl)c([N+](=O)[O-])c1. The van der Waals surface area contributed by atoms with Crippen LogP contribution in [-0.2, 0) is 14.8 Å². The lowest BCUT2D eigenvalue weighted by Crippen LogP contribution is -2.42. The summed E-state index contributed by atoms with van der Waals surface area (Å²) in [6.07, 6.45) is 0. The van der Waals surface area contributed by atoms with Crippen LogP contribution in [-0.4, -0.2) is 31.8 Å². The van der Waals surface area contributed by atoms with Crippen molar-refractivity contribution < 1.29 is 18.1 Å². The van der Waals surface area contributed by atoms with Crippen molar-refractivity contribution in [2.45, 2.75) is 24.8 Å². The van der Waals surface area contributed by atoms with E-state index in [-0.39, 0.29) is 21.6 Å². The smallest absolute Gasteiger partial charge is 0.289 e. The first-order valence-corrected chi connectivity index (χ1v) is 10.6. The lowest BCUT2D eigenvalue weighted by molar-refractivity contribution is -0.384. The Labute approximate surface area is 175 Å². The van der Waals surface area contributed by atoms with Crippen molar-refractivity contribution in [3.8, 4) is 0 Å². The molecule has 0 bridgehead atoms. The van der Waals surface area contributed by atoms with Gasteiger partial charge in [-0.25, -0.2) is 8.42 Å². The molecule has 1 amide bonds. The molecule has 0 heterocycles. The van der Waals surface area contributed by atoms with Gasteiger partial charge in [0.1, 0.15) is 11.6 Å². The molecule has 8 nitrogen and oxygen atoms in total. The summed E-state index contributed by atoms with van der Waals surface area (Å²) in [5.74, 6) is -0.509. The summed E-state index contributed by atoms with van der Waals surface area (Å²) in [4.78, 5) is 22.3. The van der Waals surface area contributed by atoms with Gasteiger partial charge in [-0.3, -0.25) is 19.2 Å². The summed E-state index contributed by atoms with van der Waals surface area (Å²) in [6.45, 7) is 3.01. The standard InChI is InChI=1S/C17H17BrClN3O5S/c1-11(2)20-17(23)10-21(13-5-3-12(18)4-6-13)28(26,27)14-7-8-15(19)16(9-14)22(24)25/h3-9,11H,10H2,1-2H3,(H,20,23). The van der Waals surface area contributed by atoms with Crippen molar-refractivity contribution in [3.63, 3.8) is 0 Å². The number of halogens is 2. The third-order valence-electron chi connectivity index (χ3n) is 3.55. The Morgan fingerprint density at radius 2 is 1.86 bits per heavy atom. The fourth-order valence-corrected chi connectivity index (χ4v) is 4.23. The van der Waals surface area contributed by atoms with E-state index in [1.54, 1.807) is 26.0 Å². The molecule has 0 radical (unpaired) electrons. The minimum Gasteiger partial charge on any atom is -0.352 e. The van der Waals surface area contributed by atoms with Gasteiger partial charge in [-0.1, -0.05) is 27.5 Å². The van der Waals surface area contributed by atoms with Crippen LogP contribution in [0.5, 0.6) is 0 Å². The Kier molecular flexibility index (Phi) is 7.02. The van der Waals surface area contributed by atoms with Gasteiger partial charge in [-0.05, 0) is 50.2 Å². The molecule has 2 aromatic carbocycles. The highest BCUT2D eigenvalue weighted by Gasteiger charge is 2.29. The highest BCUT2D eigenvalue weighted by atomic mass is 79.9. The summed E-state index contributed by atoms with van der Waals surface area (Å²) < 4.78 is 28.0. The topological polar surface area (TPSA) is 110 Å². The number of nitrogens with one attached hydrogen (secondary N) is 1. The largest absolute Gasteiger partial charge is 0.352 e. The predicted molar refractivity (Wildman–Crippen MR) is 110 cm³/mol. The predicted octanol–water partition coefficient (Wildman–Crippen LogP) is 3.73. The van der Waals surface area contributed by atoms with E-state index in [4.69, 9.17) is 11.6 Å². The van der Waals surface area contributed by atoms with Crippen LogP contribution in [0.4, 0.5) is 11.4 Å². The van der Waals surface area contributed by atoms with E-state index in [9.17, 15) is 23.3 Å². The summed E-state index contributed by atoms with van der Waals surface area (Å²) in [5, 5.41) is 13.6. The maximum absolute atomic E-state index is 13.2. The number of benzene rings is 2. The number of anilines is 1. The van der Waals surface area contributed by atoms with Crippen LogP contribution in [0.2, 0.25) is 5.02 Å². The van der Waals surface area contributed by atoms with Gasteiger partial charge in [0.25, 0.3) is 15.7 Å². The first kappa shape index (κ1) is 22.1. The van der Waals surface area contributed by atoms with Gasteiger partial charge in [-0.15, -0.1) is 0 Å². The maximum atomic E-state index is 13.2. The fourth-order valence-electron chi connectivity index (χ4n) is 2.34. The van der Waals surface area contributed by atoms with E-state index in [2.05, 4.69) is 21.2 Å². The Hall–Kier alpha value is -2.17. The number of carbonyl (C=O) groups is 1. The van der Waals surface area contributed by atoms with Crippen LogP contribution in [0.1, 0.15) is 13.8 Å². The van der Waals surface area contributed by atoms with Gasteiger partial charge < -0.3 is 5.32 Å². The van der Waals surface area contributed by atoms with Gasteiger partial charge in [0.2, 0.25) is 5.91 Å². The van der Waals surface area contributed by atoms with Gasteiger partial charge in [0.15, 0.2) is 0 Å². The van der Waals surface area contributed by atoms with Crippen molar-refractivity contribution in [1.29, 1.82) is 0 Å². The number of nitro benzene ring substituents is 1. The number of hydrogen-bond acceptors (Lipinski definition) is 5. The second-order valence-electron chi connectivity index (χ2n) is 6.08. The van der Waals surface area contributed by atoms with Gasteiger partial charge in [0, 0.05) is 16.6 Å². The quantitative estimate of drug-likeness (QED) is 0.470. The number of amides is 1. The van der Waals surface area contributed by atoms with E-state index < -0.39 is 33.1 Å². The van der Waals surface area contributed by atoms with Crippen molar-refractivity contribution in [2.75, 3.05) is 10.8 Å². The maximum Gasteiger partial charge on any atom is 0.289 e. The van der Waals surface area contributed by atoms with E-state index in [0.717, 1.165) is 27.0 Å². The molecule has 0 aliphatic rings. The van der Waals surface area contributed by atoms with Crippen LogP contribution in [0.25, 0.3) is 0 Å². The number of nitrogens with zero attached hydrogens (tertiary/aromatic N) is 2. The third-order valence-corrected chi connectivity index (χ3v) is 6.17. The zero-order valence-corrected chi connectivity index (χ0v) is 18.1. The Morgan fingerprint density at radius 1 is 1.25 bits per heavy atom. The van der Waals surface area contributed by atoms with Crippen LogP contribution in [0, 0.1) is 10.1 Å². The van der Waals surface area contributed by atoms with Crippen molar-refractivity contribution in [2.24, 2.45) is 0 Å². The third kappa shape index (κ3) is 5.21. The number of nitro groups is 1. The van der Waals surface area contributed by atoms with E-state index in [1.807, 2.05) is 0 Å². The number of sulfonamides is 1. The molecule has 0 aliphatic heterocycles. The van der Waals surface area contributed by atoms with Crippen LogP contribution in [0.15, 0.2) is 51.8 Å². The van der Waals surface area contributed by atoms with Crippen molar-refractivity contribution in [1.82, 2.24) is 5.32 Å². The van der Waals surface area contributed by atoms with Crippen molar-refractivity contribution in [3.05, 3.63) is 62.1 Å². The number of hydrogen-bond donors (Lipinski definition) is 1. The molecular formula is C17H17BrClN3O5S. The van der Waals surface area contributed by atoms with E-state index >= 15 is 0 Å². The second-order valence-corrected chi connectivity index (χ2v) is 9.27. The highest BCUT2D eigenvalue weighted by molar-refractivity contribution is 9.10. The molecule has 11 heteroatoms. The van der Waals surface area contributed by atoms with Crippen LogP contribution in [0.3, 0.4) is 0 Å². The monoisotopic (exact) mass is 489 g/mol. The minimum absolute atomic E-state index is 0.182. The molecule has 0 fully saturated rings. The molecule has 0 aliphatic carbocycles. The highest BCUT2D eigenvalue weighted by Crippen LogP contribution is 2.30. The Bertz CT molecular complexity index is 996. The Balaban J connectivity index is 2.54. The molecule has 0 aromatic heterocycles. The molecule has 0 saturated heterocycles. The van der Waals surface area contributed by atoms with Crippen LogP contribution < -0.4 is 9.62 Å². The summed E-state index contributed by atoms with van der Waals surface area (Å²) in [5.41, 5.74) is -0.301. The zero-order valence-electron chi connectivity index (χ0n) is 14.9. The molecule has 0 unspecified atom stereocenters. The van der Waals surface area contributed by atoms with Crippen molar-refractivity contribution >= 4 is 54.8 Å². The van der Waals surface area contributed by atoms with Gasteiger partial charge in [-0.2, -0.15) is 0 Å². The zero-order chi connectivity index (χ0) is 21.1. The average molecular weight is 491 g/mol. The van der Waals surface area contributed by atoms with Crippen LogP contribution >= 0.6 is 27.5 Å². The first-order valence-electron chi connectivity index (χ1n) is 8.04. The molecule has 2 rings (SSSR count). The summed E-state index contributed by atoms with van der Waals surface area (Å²) in [6, 6.07) is 9.30. The van der Waals surface area contributed by atoms with Gasteiger partial charge >= 0.3 is 0 Å². The minimum atomic E-state index is -4.28. The lowest BCUT2D eigenvalue weighted by atomic mass is 10.3. The molecule has 0 saturated carbocycles. The fraction of sp³-hybridized carbons (Fsp3) is 0.235.